The van der Waals surface area contributed by atoms with Crippen molar-refractivity contribution in [3.05, 3.63) is 47.0 Å². The number of carbonyl (C=O) groups is 1. The zero-order valence-electron chi connectivity index (χ0n) is 14.2. The second-order valence-electron chi connectivity index (χ2n) is 6.22. The Morgan fingerprint density at radius 2 is 2.35 bits per heavy atom. The van der Waals surface area contributed by atoms with E-state index in [1.807, 2.05) is 22.4 Å². The van der Waals surface area contributed by atoms with Crippen LogP contribution in [-0.4, -0.2) is 37.5 Å². The van der Waals surface area contributed by atoms with Crippen LogP contribution in [0.4, 0.5) is 0 Å². The number of aromatic nitrogens is 4. The topological polar surface area (TPSA) is 85.0 Å². The zero-order chi connectivity index (χ0) is 17.8. The van der Waals surface area contributed by atoms with Crippen LogP contribution in [0.1, 0.15) is 42.6 Å². The average Bonchev–Trinajstić information content (AvgIpc) is 3.42. The SMILES string of the molecule is O=C(CCCc1nc(-c2cccnc2)no1)N1CCCC1c1nccs1. The van der Waals surface area contributed by atoms with Gasteiger partial charge in [-0.15, -0.1) is 11.3 Å². The van der Waals surface area contributed by atoms with E-state index >= 15 is 0 Å². The minimum absolute atomic E-state index is 0.142. The normalized spacial score (nSPS) is 16.9. The van der Waals surface area contributed by atoms with Crippen LogP contribution in [0.3, 0.4) is 0 Å². The van der Waals surface area contributed by atoms with Crippen LogP contribution in [0.25, 0.3) is 11.4 Å². The summed E-state index contributed by atoms with van der Waals surface area (Å²) in [7, 11) is 0. The molecule has 1 saturated heterocycles. The second kappa shape index (κ2) is 7.74. The number of amides is 1. The highest BCUT2D eigenvalue weighted by molar-refractivity contribution is 7.09. The predicted octanol–water partition coefficient (Wildman–Crippen LogP) is 3.27. The van der Waals surface area contributed by atoms with Gasteiger partial charge in [0, 0.05) is 48.9 Å². The molecule has 7 nitrogen and oxygen atoms in total. The molecule has 1 unspecified atom stereocenters. The van der Waals surface area contributed by atoms with Crippen molar-refractivity contribution in [1.29, 1.82) is 0 Å². The molecule has 26 heavy (non-hydrogen) atoms. The molecule has 1 aliphatic rings. The molecule has 0 saturated carbocycles. The first kappa shape index (κ1) is 16.8. The standard InChI is InChI=1S/C18H19N5O2S/c24-16(23-10-3-5-14(23)18-20-9-11-26-18)7-1-6-15-21-17(22-25-15)13-4-2-8-19-12-13/h2,4,8-9,11-12,14H,1,3,5-7,10H2. The summed E-state index contributed by atoms with van der Waals surface area (Å²) >= 11 is 1.62. The average molecular weight is 369 g/mol. The molecule has 0 radical (unpaired) electrons. The van der Waals surface area contributed by atoms with E-state index in [-0.39, 0.29) is 11.9 Å². The first-order valence-electron chi connectivity index (χ1n) is 8.73. The molecule has 134 valence electrons. The van der Waals surface area contributed by atoms with Crippen LogP contribution in [0.5, 0.6) is 0 Å². The molecule has 4 heterocycles. The quantitative estimate of drug-likeness (QED) is 0.663. The Morgan fingerprint density at radius 3 is 3.15 bits per heavy atom. The molecular formula is C18H19N5O2S. The van der Waals surface area contributed by atoms with Gasteiger partial charge in [0.05, 0.1) is 6.04 Å². The van der Waals surface area contributed by atoms with Gasteiger partial charge in [0.2, 0.25) is 17.6 Å². The fraction of sp³-hybridized carbons (Fsp3) is 0.389. The molecule has 0 N–H and O–H groups in total. The molecule has 1 aliphatic heterocycles. The highest BCUT2D eigenvalue weighted by atomic mass is 32.1. The Labute approximate surface area is 155 Å². The Hall–Kier alpha value is -2.61. The minimum Gasteiger partial charge on any atom is -0.339 e. The number of hydrogen-bond donors (Lipinski definition) is 0. The first-order valence-corrected chi connectivity index (χ1v) is 9.61. The molecule has 1 amide bonds. The van der Waals surface area contributed by atoms with Crippen LogP contribution in [0.15, 0.2) is 40.6 Å². The number of pyridine rings is 1. The van der Waals surface area contributed by atoms with Gasteiger partial charge < -0.3 is 9.42 Å². The largest absolute Gasteiger partial charge is 0.339 e. The summed E-state index contributed by atoms with van der Waals surface area (Å²) in [5.74, 6) is 1.26. The first-order chi connectivity index (χ1) is 12.8. The molecule has 1 atom stereocenters. The zero-order valence-corrected chi connectivity index (χ0v) is 15.1. The monoisotopic (exact) mass is 369 g/mol. The van der Waals surface area contributed by atoms with E-state index in [1.54, 1.807) is 29.9 Å². The molecule has 0 aromatic carbocycles. The van der Waals surface area contributed by atoms with E-state index in [1.165, 1.54) is 0 Å². The molecule has 0 aliphatic carbocycles. The van der Waals surface area contributed by atoms with Gasteiger partial charge in [-0.05, 0) is 31.4 Å². The molecule has 8 heteroatoms. The summed E-state index contributed by atoms with van der Waals surface area (Å²) in [6.45, 7) is 0.814. The molecular weight excluding hydrogens is 350 g/mol. The molecule has 1 fully saturated rings. The number of hydrogen-bond acceptors (Lipinski definition) is 7. The fourth-order valence-corrected chi connectivity index (χ4v) is 4.01. The number of nitrogens with zero attached hydrogens (tertiary/aromatic N) is 5. The number of carbonyl (C=O) groups excluding carboxylic acids is 1. The summed E-state index contributed by atoms with van der Waals surface area (Å²) in [5, 5.41) is 6.98. The minimum atomic E-state index is 0.142. The van der Waals surface area contributed by atoms with E-state index in [9.17, 15) is 4.79 Å². The molecule has 3 aromatic rings. The maximum absolute atomic E-state index is 12.6. The third kappa shape index (κ3) is 3.65. The summed E-state index contributed by atoms with van der Waals surface area (Å²) in [6.07, 6.45) is 9.00. The van der Waals surface area contributed by atoms with E-state index in [4.69, 9.17) is 4.52 Å². The fourth-order valence-electron chi connectivity index (χ4n) is 3.22. The molecule has 4 rings (SSSR count). The summed E-state index contributed by atoms with van der Waals surface area (Å²) in [4.78, 5) is 27.4. The molecule has 0 spiro atoms. The summed E-state index contributed by atoms with van der Waals surface area (Å²) in [5.41, 5.74) is 0.821. The Kier molecular flexibility index (Phi) is 5.01. The third-order valence-electron chi connectivity index (χ3n) is 4.48. The summed E-state index contributed by atoms with van der Waals surface area (Å²) in [6, 6.07) is 3.86. The van der Waals surface area contributed by atoms with E-state index in [0.29, 0.717) is 31.0 Å². The second-order valence-corrected chi connectivity index (χ2v) is 7.15. The predicted molar refractivity (Wildman–Crippen MR) is 96.3 cm³/mol. The lowest BCUT2D eigenvalue weighted by atomic mass is 10.2. The van der Waals surface area contributed by atoms with Gasteiger partial charge in [-0.25, -0.2) is 4.98 Å². The van der Waals surface area contributed by atoms with E-state index in [0.717, 1.165) is 30.0 Å². The summed E-state index contributed by atoms with van der Waals surface area (Å²) < 4.78 is 5.28. The molecule has 0 bridgehead atoms. The van der Waals surface area contributed by atoms with Crippen LogP contribution < -0.4 is 0 Å². The van der Waals surface area contributed by atoms with E-state index < -0.39 is 0 Å². The van der Waals surface area contributed by atoms with Crippen LogP contribution in [0.2, 0.25) is 0 Å². The lowest BCUT2D eigenvalue weighted by Crippen LogP contribution is -2.30. The maximum Gasteiger partial charge on any atom is 0.226 e. The van der Waals surface area contributed by atoms with Crippen molar-refractivity contribution < 1.29 is 9.32 Å². The van der Waals surface area contributed by atoms with Crippen molar-refractivity contribution in [3.63, 3.8) is 0 Å². The number of rotatable bonds is 6. The highest BCUT2D eigenvalue weighted by Crippen LogP contribution is 2.33. The molecule has 3 aromatic heterocycles. The van der Waals surface area contributed by atoms with Gasteiger partial charge in [0.15, 0.2) is 0 Å². The maximum atomic E-state index is 12.6. The van der Waals surface area contributed by atoms with E-state index in [2.05, 4.69) is 20.1 Å². The van der Waals surface area contributed by atoms with Crippen molar-refractivity contribution in [2.45, 2.75) is 38.1 Å². The van der Waals surface area contributed by atoms with Crippen molar-refractivity contribution >= 4 is 17.2 Å². The number of aryl methyl sites for hydroxylation is 1. The van der Waals surface area contributed by atoms with Gasteiger partial charge in [-0.1, -0.05) is 5.16 Å². The van der Waals surface area contributed by atoms with Gasteiger partial charge in [-0.2, -0.15) is 4.98 Å². The highest BCUT2D eigenvalue weighted by Gasteiger charge is 2.31. The Balaban J connectivity index is 1.31. The smallest absolute Gasteiger partial charge is 0.226 e. The van der Waals surface area contributed by atoms with Gasteiger partial charge in [0.25, 0.3) is 0 Å². The van der Waals surface area contributed by atoms with Crippen molar-refractivity contribution in [2.24, 2.45) is 0 Å². The third-order valence-corrected chi connectivity index (χ3v) is 5.36. The number of likely N-dealkylation sites (tertiary alicyclic amines) is 1. The van der Waals surface area contributed by atoms with Crippen LogP contribution >= 0.6 is 11.3 Å². The van der Waals surface area contributed by atoms with Crippen molar-refractivity contribution in [2.75, 3.05) is 6.54 Å². The van der Waals surface area contributed by atoms with Crippen LogP contribution in [0, 0.1) is 0 Å². The Morgan fingerprint density at radius 1 is 1.38 bits per heavy atom. The van der Waals surface area contributed by atoms with Crippen molar-refractivity contribution in [3.8, 4) is 11.4 Å². The van der Waals surface area contributed by atoms with Crippen LogP contribution in [-0.2, 0) is 11.2 Å². The lowest BCUT2D eigenvalue weighted by Gasteiger charge is -2.23. The van der Waals surface area contributed by atoms with Gasteiger partial charge >= 0.3 is 0 Å². The lowest BCUT2D eigenvalue weighted by molar-refractivity contribution is -0.132. The van der Waals surface area contributed by atoms with Crippen molar-refractivity contribution in [1.82, 2.24) is 25.0 Å². The number of thiazole rings is 1. The Bertz CT molecular complexity index is 850. The van der Waals surface area contributed by atoms with Gasteiger partial charge in [0.1, 0.15) is 5.01 Å². The van der Waals surface area contributed by atoms with Gasteiger partial charge in [-0.3, -0.25) is 9.78 Å².